The second-order valence-electron chi connectivity index (χ2n) is 6.48. The summed E-state index contributed by atoms with van der Waals surface area (Å²) in [6.45, 7) is 0. The molecule has 3 aromatic heterocycles. The van der Waals surface area contributed by atoms with Gasteiger partial charge in [0.05, 0.1) is 29.1 Å². The van der Waals surface area contributed by atoms with Gasteiger partial charge in [-0.3, -0.25) is 9.67 Å². The molecule has 4 rings (SSSR count). The van der Waals surface area contributed by atoms with Gasteiger partial charge in [0.15, 0.2) is 0 Å². The zero-order valence-electron chi connectivity index (χ0n) is 13.9. The summed E-state index contributed by atoms with van der Waals surface area (Å²) >= 11 is 0. The van der Waals surface area contributed by atoms with Gasteiger partial charge >= 0.3 is 6.03 Å². The third-order valence-electron chi connectivity index (χ3n) is 4.60. The summed E-state index contributed by atoms with van der Waals surface area (Å²) in [7, 11) is 0. The Labute approximate surface area is 147 Å². The lowest BCUT2D eigenvalue weighted by Gasteiger charge is -2.28. The van der Waals surface area contributed by atoms with Crippen molar-refractivity contribution in [1.29, 1.82) is 0 Å². The molecule has 136 valence electrons. The Balaban J connectivity index is 1.39. The molecule has 1 aliphatic carbocycles. The number of halogens is 2. The van der Waals surface area contributed by atoms with Gasteiger partial charge in [-0.05, 0) is 25.0 Å². The number of urea groups is 1. The number of carbonyl (C=O) groups is 1. The van der Waals surface area contributed by atoms with E-state index in [0.29, 0.717) is 29.7 Å². The standard InChI is InChI=1S/C17H18F2N6O/c18-17(19)5-3-12(4-6-17)25-10-11(8-22-25)23-16(26)24-14-9-21-13-2-1-7-20-15(13)14/h1-2,7-10,12,21H,3-6H2,(H2,23,24,26). The van der Waals surface area contributed by atoms with E-state index >= 15 is 0 Å². The lowest BCUT2D eigenvalue weighted by molar-refractivity contribution is -0.0449. The molecular weight excluding hydrogens is 342 g/mol. The molecule has 0 radical (unpaired) electrons. The highest BCUT2D eigenvalue weighted by Gasteiger charge is 2.35. The zero-order chi connectivity index (χ0) is 18.1. The third-order valence-corrected chi connectivity index (χ3v) is 4.60. The number of rotatable bonds is 3. The van der Waals surface area contributed by atoms with Crippen molar-refractivity contribution < 1.29 is 13.6 Å². The lowest BCUT2D eigenvalue weighted by Crippen LogP contribution is -2.26. The van der Waals surface area contributed by atoms with Crippen molar-refractivity contribution in [2.75, 3.05) is 10.6 Å². The molecule has 3 N–H and O–H groups in total. The Hall–Kier alpha value is -2.97. The molecule has 0 aliphatic heterocycles. The van der Waals surface area contributed by atoms with Gasteiger partial charge in [-0.2, -0.15) is 5.10 Å². The van der Waals surface area contributed by atoms with Gasteiger partial charge in [0.2, 0.25) is 5.92 Å². The topological polar surface area (TPSA) is 87.6 Å². The van der Waals surface area contributed by atoms with E-state index in [1.807, 2.05) is 6.07 Å². The molecule has 2 amide bonds. The van der Waals surface area contributed by atoms with E-state index in [2.05, 4.69) is 25.7 Å². The summed E-state index contributed by atoms with van der Waals surface area (Å²) in [5, 5.41) is 9.63. The van der Waals surface area contributed by atoms with Gasteiger partial charge < -0.3 is 15.6 Å². The van der Waals surface area contributed by atoms with Gasteiger partial charge in [-0.1, -0.05) is 0 Å². The first-order valence-electron chi connectivity index (χ1n) is 8.42. The molecule has 0 unspecified atom stereocenters. The SMILES string of the molecule is O=C(Nc1cnn(C2CCC(F)(F)CC2)c1)Nc1c[nH]c2cccnc12. The summed E-state index contributed by atoms with van der Waals surface area (Å²) in [5.41, 5.74) is 2.57. The summed E-state index contributed by atoms with van der Waals surface area (Å²) in [6.07, 6.45) is 6.99. The van der Waals surface area contributed by atoms with Crippen molar-refractivity contribution in [3.63, 3.8) is 0 Å². The molecule has 0 aromatic carbocycles. The van der Waals surface area contributed by atoms with Crippen molar-refractivity contribution in [2.24, 2.45) is 0 Å². The van der Waals surface area contributed by atoms with Crippen LogP contribution in [0, 0.1) is 0 Å². The fourth-order valence-corrected chi connectivity index (χ4v) is 3.23. The van der Waals surface area contributed by atoms with E-state index in [9.17, 15) is 13.6 Å². The molecule has 0 saturated heterocycles. The molecule has 0 atom stereocenters. The fourth-order valence-electron chi connectivity index (χ4n) is 3.23. The Morgan fingerprint density at radius 2 is 2.12 bits per heavy atom. The summed E-state index contributed by atoms with van der Waals surface area (Å²) in [5.74, 6) is -2.57. The number of nitrogens with zero attached hydrogens (tertiary/aromatic N) is 3. The summed E-state index contributed by atoms with van der Waals surface area (Å²) in [4.78, 5) is 19.4. The highest BCUT2D eigenvalue weighted by molar-refractivity contribution is 6.04. The molecule has 1 fully saturated rings. The molecule has 1 saturated carbocycles. The summed E-state index contributed by atoms with van der Waals surface area (Å²) in [6, 6.07) is 3.18. The van der Waals surface area contributed by atoms with Crippen LogP contribution in [-0.2, 0) is 0 Å². The monoisotopic (exact) mass is 360 g/mol. The molecule has 0 spiro atoms. The largest absolute Gasteiger partial charge is 0.358 e. The third kappa shape index (κ3) is 3.37. The molecule has 1 aliphatic rings. The number of hydrogen-bond donors (Lipinski definition) is 3. The first-order chi connectivity index (χ1) is 12.5. The minimum absolute atomic E-state index is 0.0638. The van der Waals surface area contributed by atoms with Crippen LogP contribution in [0.3, 0.4) is 0 Å². The maximum Gasteiger partial charge on any atom is 0.323 e. The van der Waals surface area contributed by atoms with Crippen molar-refractivity contribution in [3.8, 4) is 0 Å². The van der Waals surface area contributed by atoms with Crippen LogP contribution in [0.25, 0.3) is 11.0 Å². The number of alkyl halides is 2. The Kier molecular flexibility index (Phi) is 4.06. The molecule has 9 heteroatoms. The maximum absolute atomic E-state index is 13.3. The lowest BCUT2D eigenvalue weighted by atomic mass is 9.92. The van der Waals surface area contributed by atoms with Gasteiger partial charge in [0.25, 0.3) is 0 Å². The smallest absolute Gasteiger partial charge is 0.323 e. The zero-order valence-corrected chi connectivity index (χ0v) is 13.9. The molecule has 7 nitrogen and oxygen atoms in total. The van der Waals surface area contributed by atoms with Crippen molar-refractivity contribution in [3.05, 3.63) is 36.9 Å². The van der Waals surface area contributed by atoms with Crippen molar-refractivity contribution in [2.45, 2.75) is 37.6 Å². The van der Waals surface area contributed by atoms with E-state index in [0.717, 1.165) is 5.52 Å². The van der Waals surface area contributed by atoms with E-state index < -0.39 is 12.0 Å². The molecule has 3 heterocycles. The Morgan fingerprint density at radius 1 is 1.31 bits per heavy atom. The molecular formula is C17H18F2N6O. The van der Waals surface area contributed by atoms with Gasteiger partial charge in [0, 0.05) is 31.4 Å². The minimum Gasteiger partial charge on any atom is -0.358 e. The van der Waals surface area contributed by atoms with Gasteiger partial charge in [-0.15, -0.1) is 0 Å². The van der Waals surface area contributed by atoms with Gasteiger partial charge in [0.1, 0.15) is 5.52 Å². The van der Waals surface area contributed by atoms with Crippen LogP contribution in [0.1, 0.15) is 31.7 Å². The predicted octanol–water partition coefficient (Wildman–Crippen LogP) is 4.15. The van der Waals surface area contributed by atoms with E-state index in [1.54, 1.807) is 29.3 Å². The molecule has 26 heavy (non-hydrogen) atoms. The Morgan fingerprint density at radius 3 is 2.92 bits per heavy atom. The fraction of sp³-hybridized carbons (Fsp3) is 0.353. The van der Waals surface area contributed by atoms with Crippen LogP contribution in [0.4, 0.5) is 25.0 Å². The van der Waals surface area contributed by atoms with Crippen molar-refractivity contribution in [1.82, 2.24) is 19.7 Å². The van der Waals surface area contributed by atoms with Crippen molar-refractivity contribution >= 4 is 28.4 Å². The normalized spacial score (nSPS) is 17.3. The van der Waals surface area contributed by atoms with Crippen LogP contribution >= 0.6 is 0 Å². The quantitative estimate of drug-likeness (QED) is 0.655. The number of amides is 2. The second kappa shape index (κ2) is 6.40. The minimum atomic E-state index is -2.57. The number of aromatic nitrogens is 4. The average molecular weight is 360 g/mol. The molecule has 3 aromatic rings. The van der Waals surface area contributed by atoms with Gasteiger partial charge in [-0.25, -0.2) is 13.6 Å². The van der Waals surface area contributed by atoms with Crippen LogP contribution in [0.15, 0.2) is 36.9 Å². The number of H-pyrrole nitrogens is 1. The average Bonchev–Trinajstić information content (AvgIpc) is 3.23. The number of pyridine rings is 1. The summed E-state index contributed by atoms with van der Waals surface area (Å²) < 4.78 is 28.2. The predicted molar refractivity (Wildman–Crippen MR) is 93.4 cm³/mol. The maximum atomic E-state index is 13.3. The first-order valence-corrected chi connectivity index (χ1v) is 8.42. The van der Waals surface area contributed by atoms with Crippen LogP contribution in [-0.4, -0.2) is 31.7 Å². The Bertz CT molecular complexity index is 924. The highest BCUT2D eigenvalue weighted by atomic mass is 19.3. The number of carbonyl (C=O) groups excluding carboxylic acids is 1. The van der Waals surface area contributed by atoms with Crippen LogP contribution < -0.4 is 10.6 Å². The number of fused-ring (bicyclic) bond motifs is 1. The number of anilines is 2. The van der Waals surface area contributed by atoms with E-state index in [-0.39, 0.29) is 18.9 Å². The van der Waals surface area contributed by atoms with E-state index in [4.69, 9.17) is 0 Å². The highest BCUT2D eigenvalue weighted by Crippen LogP contribution is 2.38. The second-order valence-corrected chi connectivity index (χ2v) is 6.48. The number of hydrogen-bond acceptors (Lipinski definition) is 3. The number of aromatic amines is 1. The number of nitrogens with one attached hydrogen (secondary N) is 3. The van der Waals surface area contributed by atoms with E-state index in [1.165, 1.54) is 6.20 Å². The molecule has 0 bridgehead atoms. The van der Waals surface area contributed by atoms with Crippen LogP contribution in [0.2, 0.25) is 0 Å². The van der Waals surface area contributed by atoms with Crippen LogP contribution in [0.5, 0.6) is 0 Å². The first kappa shape index (κ1) is 16.5.